The van der Waals surface area contributed by atoms with E-state index < -0.39 is 0 Å². The first kappa shape index (κ1) is 10.0. The molecule has 2 N–H and O–H groups in total. The first-order chi connectivity index (χ1) is 7.13. The Morgan fingerprint density at radius 3 is 2.87 bits per heavy atom. The third-order valence-electron chi connectivity index (χ3n) is 2.89. The minimum absolute atomic E-state index is 0.151. The second-order valence-corrected chi connectivity index (χ2v) is 3.88. The number of hydrogen-bond donors (Lipinski definition) is 1. The Kier molecular flexibility index (Phi) is 2.38. The molecule has 0 saturated carbocycles. The highest BCUT2D eigenvalue weighted by Crippen LogP contribution is 2.24. The number of aryl methyl sites for hydroxylation is 1. The zero-order valence-electron chi connectivity index (χ0n) is 9.10. The number of carbonyl (C=O) groups excluding carboxylic acids is 1. The van der Waals surface area contributed by atoms with Gasteiger partial charge in [0, 0.05) is 24.8 Å². The van der Waals surface area contributed by atoms with E-state index in [0.29, 0.717) is 5.82 Å². The van der Waals surface area contributed by atoms with Crippen LogP contribution in [0.1, 0.15) is 25.1 Å². The maximum Gasteiger partial charge on any atom is 0.247 e. The van der Waals surface area contributed by atoms with Crippen LogP contribution in [0.3, 0.4) is 0 Å². The normalized spacial score (nSPS) is 21.3. The Morgan fingerprint density at radius 1 is 1.67 bits per heavy atom. The lowest BCUT2D eigenvalue weighted by Crippen LogP contribution is -2.28. The van der Waals surface area contributed by atoms with Crippen LogP contribution >= 0.6 is 0 Å². The Hall–Kier alpha value is -1.52. The monoisotopic (exact) mass is 208 g/mol. The molecule has 5 heteroatoms. The van der Waals surface area contributed by atoms with Crippen LogP contribution in [0.4, 0.5) is 5.82 Å². The van der Waals surface area contributed by atoms with Crippen molar-refractivity contribution in [2.45, 2.75) is 26.3 Å². The maximum absolute atomic E-state index is 11.9. The third-order valence-corrected chi connectivity index (χ3v) is 2.89. The first-order valence-electron chi connectivity index (χ1n) is 5.24. The van der Waals surface area contributed by atoms with Gasteiger partial charge >= 0.3 is 0 Å². The summed E-state index contributed by atoms with van der Waals surface area (Å²) in [4.78, 5) is 13.8. The number of nitrogen functional groups attached to an aromatic ring is 1. The van der Waals surface area contributed by atoms with Gasteiger partial charge in [-0.05, 0) is 20.3 Å². The fraction of sp³-hybridized carbons (Fsp3) is 0.600. The summed E-state index contributed by atoms with van der Waals surface area (Å²) in [5.41, 5.74) is 6.55. The van der Waals surface area contributed by atoms with Crippen LogP contribution in [0.5, 0.6) is 0 Å². The van der Waals surface area contributed by atoms with Crippen LogP contribution in [0.25, 0.3) is 0 Å². The number of nitrogens with zero attached hydrogens (tertiary/aromatic N) is 3. The summed E-state index contributed by atoms with van der Waals surface area (Å²) in [5, 5.41) is 4.16. The number of rotatable bonds is 2. The van der Waals surface area contributed by atoms with Gasteiger partial charge in [-0.1, -0.05) is 0 Å². The van der Waals surface area contributed by atoms with E-state index >= 15 is 0 Å². The van der Waals surface area contributed by atoms with Crippen molar-refractivity contribution in [2.24, 2.45) is 0 Å². The molecule has 0 spiro atoms. The number of nitrogens with two attached hydrogens (primary N) is 1. The van der Waals surface area contributed by atoms with E-state index in [1.54, 1.807) is 10.7 Å². The molecule has 5 nitrogen and oxygen atoms in total. The molecule has 2 heterocycles. The van der Waals surface area contributed by atoms with Crippen LogP contribution in [0.2, 0.25) is 0 Å². The number of likely N-dealkylation sites (N-methyl/N-ethyl adjacent to an activating group) is 1. The van der Waals surface area contributed by atoms with Crippen molar-refractivity contribution in [3.63, 3.8) is 0 Å². The van der Waals surface area contributed by atoms with Crippen LogP contribution < -0.4 is 5.73 Å². The summed E-state index contributed by atoms with van der Waals surface area (Å²) < 4.78 is 1.74. The SMILES string of the molecule is CCN1CCC(n2nc(N)cc2C)C1=O. The second kappa shape index (κ2) is 3.56. The van der Waals surface area contributed by atoms with Gasteiger partial charge in [0.25, 0.3) is 0 Å². The number of amides is 1. The summed E-state index contributed by atoms with van der Waals surface area (Å²) in [6.07, 6.45) is 0.828. The zero-order valence-corrected chi connectivity index (χ0v) is 9.10. The predicted octanol–water partition coefficient (Wildman–Crippen LogP) is 0.567. The van der Waals surface area contributed by atoms with Crippen LogP contribution in [0.15, 0.2) is 6.07 Å². The lowest BCUT2D eigenvalue weighted by molar-refractivity contribution is -0.130. The van der Waals surface area contributed by atoms with E-state index in [2.05, 4.69) is 5.10 Å². The number of likely N-dealkylation sites (tertiary alicyclic amines) is 1. The molecular formula is C10H16N4O. The predicted molar refractivity (Wildman–Crippen MR) is 57.3 cm³/mol. The molecule has 1 aromatic rings. The molecule has 1 amide bonds. The van der Waals surface area contributed by atoms with Crippen molar-refractivity contribution in [2.75, 3.05) is 18.8 Å². The van der Waals surface area contributed by atoms with E-state index in [1.165, 1.54) is 0 Å². The molecule has 0 aliphatic carbocycles. The van der Waals surface area contributed by atoms with Crippen LogP contribution in [-0.2, 0) is 4.79 Å². The van der Waals surface area contributed by atoms with E-state index in [-0.39, 0.29) is 11.9 Å². The zero-order chi connectivity index (χ0) is 11.0. The fourth-order valence-corrected chi connectivity index (χ4v) is 2.09. The standard InChI is InChI=1S/C10H16N4O/c1-3-13-5-4-8(10(13)15)14-7(2)6-9(11)12-14/h6,8H,3-5H2,1-2H3,(H2,11,12). The summed E-state index contributed by atoms with van der Waals surface area (Å²) in [6.45, 7) is 5.50. The molecule has 15 heavy (non-hydrogen) atoms. The first-order valence-corrected chi connectivity index (χ1v) is 5.24. The molecule has 1 aliphatic rings. The molecule has 1 aliphatic heterocycles. The van der Waals surface area contributed by atoms with E-state index in [0.717, 1.165) is 25.2 Å². The molecular weight excluding hydrogens is 192 g/mol. The number of aromatic nitrogens is 2. The van der Waals surface area contributed by atoms with Crippen molar-refractivity contribution >= 4 is 11.7 Å². The molecule has 0 radical (unpaired) electrons. The Labute approximate surface area is 88.8 Å². The molecule has 1 saturated heterocycles. The van der Waals surface area contributed by atoms with Gasteiger partial charge in [0.1, 0.15) is 11.9 Å². The molecule has 2 rings (SSSR count). The van der Waals surface area contributed by atoms with Crippen molar-refractivity contribution in [3.05, 3.63) is 11.8 Å². The molecule has 1 unspecified atom stereocenters. The average molecular weight is 208 g/mol. The van der Waals surface area contributed by atoms with Gasteiger partial charge < -0.3 is 10.6 Å². The minimum atomic E-state index is -0.151. The highest BCUT2D eigenvalue weighted by molar-refractivity contribution is 5.82. The second-order valence-electron chi connectivity index (χ2n) is 3.88. The number of carbonyl (C=O) groups is 1. The molecule has 1 aromatic heterocycles. The highest BCUT2D eigenvalue weighted by atomic mass is 16.2. The minimum Gasteiger partial charge on any atom is -0.382 e. The van der Waals surface area contributed by atoms with Crippen molar-refractivity contribution < 1.29 is 4.79 Å². The van der Waals surface area contributed by atoms with E-state index in [9.17, 15) is 4.79 Å². The van der Waals surface area contributed by atoms with Crippen molar-refractivity contribution in [3.8, 4) is 0 Å². The molecule has 82 valence electrons. The molecule has 1 atom stereocenters. The fourth-order valence-electron chi connectivity index (χ4n) is 2.09. The van der Waals surface area contributed by atoms with Crippen molar-refractivity contribution in [1.82, 2.24) is 14.7 Å². The van der Waals surface area contributed by atoms with Gasteiger partial charge in [-0.25, -0.2) is 0 Å². The topological polar surface area (TPSA) is 64.2 Å². The maximum atomic E-state index is 11.9. The van der Waals surface area contributed by atoms with Gasteiger partial charge in [-0.2, -0.15) is 5.10 Å². The van der Waals surface area contributed by atoms with Gasteiger partial charge in [0.2, 0.25) is 5.91 Å². The highest BCUT2D eigenvalue weighted by Gasteiger charge is 2.33. The van der Waals surface area contributed by atoms with E-state index in [1.807, 2.05) is 18.7 Å². The molecule has 0 bridgehead atoms. The molecule has 0 aromatic carbocycles. The van der Waals surface area contributed by atoms with Gasteiger partial charge in [0.05, 0.1) is 0 Å². The third kappa shape index (κ3) is 1.58. The van der Waals surface area contributed by atoms with Crippen LogP contribution in [-0.4, -0.2) is 33.7 Å². The Balaban J connectivity index is 2.26. The summed E-state index contributed by atoms with van der Waals surface area (Å²) in [6, 6.07) is 1.64. The van der Waals surface area contributed by atoms with Crippen molar-refractivity contribution in [1.29, 1.82) is 0 Å². The number of hydrogen-bond acceptors (Lipinski definition) is 3. The summed E-state index contributed by atoms with van der Waals surface area (Å²) in [7, 11) is 0. The van der Waals surface area contributed by atoms with E-state index in [4.69, 9.17) is 5.73 Å². The lowest BCUT2D eigenvalue weighted by atomic mass is 10.2. The number of anilines is 1. The quantitative estimate of drug-likeness (QED) is 0.772. The largest absolute Gasteiger partial charge is 0.382 e. The Morgan fingerprint density at radius 2 is 2.40 bits per heavy atom. The van der Waals surface area contributed by atoms with Gasteiger partial charge in [0.15, 0.2) is 0 Å². The summed E-state index contributed by atoms with van der Waals surface area (Å²) >= 11 is 0. The average Bonchev–Trinajstić information content (AvgIpc) is 2.69. The van der Waals surface area contributed by atoms with Gasteiger partial charge in [-0.3, -0.25) is 9.48 Å². The summed E-state index contributed by atoms with van der Waals surface area (Å²) in [5.74, 6) is 0.638. The lowest BCUT2D eigenvalue weighted by Gasteiger charge is -2.14. The Bertz CT molecular complexity index is 385. The van der Waals surface area contributed by atoms with Crippen LogP contribution in [0, 0.1) is 6.92 Å². The van der Waals surface area contributed by atoms with Gasteiger partial charge in [-0.15, -0.1) is 0 Å². The smallest absolute Gasteiger partial charge is 0.247 e. The molecule has 1 fully saturated rings.